The van der Waals surface area contributed by atoms with Gasteiger partial charge in [-0.2, -0.15) is 0 Å². The Labute approximate surface area is 175 Å². The molecule has 6 nitrogen and oxygen atoms in total. The van der Waals surface area contributed by atoms with Gasteiger partial charge < -0.3 is 9.30 Å². The third-order valence-corrected chi connectivity index (χ3v) is 6.92. The minimum atomic E-state index is -3.82. The van der Waals surface area contributed by atoms with Gasteiger partial charge >= 0.3 is 0 Å². The molecule has 0 unspecified atom stereocenters. The zero-order valence-corrected chi connectivity index (χ0v) is 18.0. The Kier molecular flexibility index (Phi) is 5.98. The van der Waals surface area contributed by atoms with E-state index < -0.39 is 15.8 Å². The van der Waals surface area contributed by atoms with Crippen LogP contribution in [0.25, 0.3) is 0 Å². The van der Waals surface area contributed by atoms with E-state index in [1.807, 2.05) is 31.5 Å². The molecule has 1 heterocycles. The summed E-state index contributed by atoms with van der Waals surface area (Å²) >= 11 is 0. The first-order chi connectivity index (χ1) is 14.1. The molecular formula is C22H23FN2O4S. The summed E-state index contributed by atoms with van der Waals surface area (Å²) in [5.74, 6) is -0.185. The van der Waals surface area contributed by atoms with E-state index in [4.69, 9.17) is 4.74 Å². The number of sulfonamides is 1. The van der Waals surface area contributed by atoms with E-state index in [-0.39, 0.29) is 17.3 Å². The summed E-state index contributed by atoms with van der Waals surface area (Å²) in [5, 5.41) is 0. The number of benzene rings is 2. The highest BCUT2D eigenvalue weighted by Gasteiger charge is 2.21. The lowest BCUT2D eigenvalue weighted by Gasteiger charge is -2.19. The van der Waals surface area contributed by atoms with Gasteiger partial charge in [0.05, 0.1) is 10.6 Å². The van der Waals surface area contributed by atoms with Crippen LogP contribution in [0.3, 0.4) is 0 Å². The number of ketones is 1. The number of aryl methyl sites for hydroxylation is 1. The lowest BCUT2D eigenvalue weighted by molar-refractivity contribution is 0.0921. The van der Waals surface area contributed by atoms with Crippen molar-refractivity contribution < 1.29 is 22.3 Å². The molecule has 0 aliphatic carbocycles. The summed E-state index contributed by atoms with van der Waals surface area (Å²) in [6, 6.07) is 12.8. The van der Waals surface area contributed by atoms with E-state index in [1.54, 1.807) is 24.3 Å². The van der Waals surface area contributed by atoms with Gasteiger partial charge in [0.15, 0.2) is 6.61 Å². The van der Waals surface area contributed by atoms with Crippen molar-refractivity contribution >= 4 is 21.5 Å². The number of rotatable bonds is 7. The molecule has 0 bridgehead atoms. The molecule has 2 aromatic carbocycles. The summed E-state index contributed by atoms with van der Waals surface area (Å²) in [7, 11) is -0.505. The highest BCUT2D eigenvalue weighted by molar-refractivity contribution is 7.92. The molecule has 0 saturated carbocycles. The van der Waals surface area contributed by atoms with E-state index in [9.17, 15) is 17.6 Å². The quantitative estimate of drug-likeness (QED) is 0.534. The number of Topliss-reactive ketones (excluding diaryl/α,β-unsaturated/α-hetero) is 1. The lowest BCUT2D eigenvalue weighted by Crippen LogP contribution is -2.26. The first-order valence-corrected chi connectivity index (χ1v) is 10.7. The molecule has 0 radical (unpaired) electrons. The van der Waals surface area contributed by atoms with Crippen molar-refractivity contribution in [1.29, 1.82) is 0 Å². The molecule has 0 atom stereocenters. The molecule has 158 valence electrons. The number of anilines is 1. The van der Waals surface area contributed by atoms with Gasteiger partial charge in [-0.05, 0) is 68.4 Å². The zero-order chi connectivity index (χ0) is 22.1. The van der Waals surface area contributed by atoms with Crippen molar-refractivity contribution in [3.05, 3.63) is 77.4 Å². The Morgan fingerprint density at radius 2 is 1.67 bits per heavy atom. The molecule has 3 rings (SSSR count). The van der Waals surface area contributed by atoms with Crippen molar-refractivity contribution in [2.45, 2.75) is 18.7 Å². The van der Waals surface area contributed by atoms with Crippen LogP contribution < -0.4 is 9.04 Å². The molecule has 0 amide bonds. The Morgan fingerprint density at radius 3 is 2.20 bits per heavy atom. The summed E-state index contributed by atoms with van der Waals surface area (Å²) in [6.07, 6.45) is 0. The highest BCUT2D eigenvalue weighted by Crippen LogP contribution is 2.25. The average Bonchev–Trinajstić information content (AvgIpc) is 2.99. The van der Waals surface area contributed by atoms with Crippen LogP contribution in [0.2, 0.25) is 0 Å². The van der Waals surface area contributed by atoms with E-state index in [1.165, 1.54) is 19.2 Å². The number of ether oxygens (including phenoxy) is 1. The Balaban J connectivity index is 1.69. The van der Waals surface area contributed by atoms with Crippen molar-refractivity contribution in [2.24, 2.45) is 7.05 Å². The molecule has 3 aromatic rings. The van der Waals surface area contributed by atoms with Crippen molar-refractivity contribution in [3.63, 3.8) is 0 Å². The van der Waals surface area contributed by atoms with Crippen LogP contribution in [0.4, 0.5) is 10.1 Å². The van der Waals surface area contributed by atoms with Crippen LogP contribution in [-0.2, 0) is 17.1 Å². The maximum Gasteiger partial charge on any atom is 0.264 e. The summed E-state index contributed by atoms with van der Waals surface area (Å²) in [6.45, 7) is 3.69. The van der Waals surface area contributed by atoms with Gasteiger partial charge in [-0.25, -0.2) is 12.8 Å². The molecular weight excluding hydrogens is 407 g/mol. The molecule has 0 saturated heterocycles. The maximum absolute atomic E-state index is 13.1. The number of carbonyl (C=O) groups is 1. The standard InChI is InChI=1S/C22H23FN2O4S/c1-15-13-21(16(2)24(15)3)22(26)14-29-19-9-7-18(8-10-19)25(4)30(27,28)20-11-5-17(23)6-12-20/h5-13H,14H2,1-4H3. The number of hydrogen-bond acceptors (Lipinski definition) is 4. The molecule has 8 heteroatoms. The second-order valence-electron chi connectivity index (χ2n) is 6.98. The minimum absolute atomic E-state index is 0.00847. The minimum Gasteiger partial charge on any atom is -0.485 e. The first kappa shape index (κ1) is 21.6. The van der Waals surface area contributed by atoms with Crippen LogP contribution in [0, 0.1) is 19.7 Å². The van der Waals surface area contributed by atoms with Crippen LogP contribution >= 0.6 is 0 Å². The fraction of sp³-hybridized carbons (Fsp3) is 0.227. The Hall–Kier alpha value is -3.13. The summed E-state index contributed by atoms with van der Waals surface area (Å²) in [4.78, 5) is 12.4. The van der Waals surface area contributed by atoms with Gasteiger partial charge in [-0.1, -0.05) is 0 Å². The SMILES string of the molecule is Cc1cc(C(=O)COc2ccc(N(C)S(=O)(=O)c3ccc(F)cc3)cc2)c(C)n1C. The third kappa shape index (κ3) is 4.23. The van der Waals surface area contributed by atoms with Gasteiger partial charge in [0.25, 0.3) is 10.0 Å². The Bertz CT molecular complexity index is 1170. The lowest BCUT2D eigenvalue weighted by atomic mass is 10.1. The molecule has 0 fully saturated rings. The van der Waals surface area contributed by atoms with Crippen LogP contribution in [-0.4, -0.2) is 32.4 Å². The predicted octanol–water partition coefficient (Wildman–Crippen LogP) is 3.87. The van der Waals surface area contributed by atoms with E-state index in [0.29, 0.717) is 17.0 Å². The van der Waals surface area contributed by atoms with Gasteiger partial charge in [-0.3, -0.25) is 9.10 Å². The molecule has 0 aliphatic heterocycles. The number of halogens is 1. The molecule has 0 spiro atoms. The smallest absolute Gasteiger partial charge is 0.264 e. The second kappa shape index (κ2) is 8.31. The molecule has 1 aromatic heterocycles. The van der Waals surface area contributed by atoms with E-state index in [2.05, 4.69) is 0 Å². The van der Waals surface area contributed by atoms with Gasteiger partial charge in [-0.15, -0.1) is 0 Å². The average molecular weight is 431 g/mol. The number of aromatic nitrogens is 1. The van der Waals surface area contributed by atoms with Gasteiger partial charge in [0, 0.05) is 31.0 Å². The number of carbonyl (C=O) groups excluding carboxylic acids is 1. The maximum atomic E-state index is 13.1. The van der Waals surface area contributed by atoms with Gasteiger partial charge in [0.2, 0.25) is 5.78 Å². The molecule has 0 N–H and O–H groups in total. The second-order valence-corrected chi connectivity index (χ2v) is 8.95. The van der Waals surface area contributed by atoms with E-state index >= 15 is 0 Å². The van der Waals surface area contributed by atoms with Crippen LogP contribution in [0.5, 0.6) is 5.75 Å². The summed E-state index contributed by atoms with van der Waals surface area (Å²) < 4.78 is 47.1. The summed E-state index contributed by atoms with van der Waals surface area (Å²) in [5.41, 5.74) is 2.90. The number of hydrogen-bond donors (Lipinski definition) is 0. The van der Waals surface area contributed by atoms with Gasteiger partial charge in [0.1, 0.15) is 11.6 Å². The fourth-order valence-corrected chi connectivity index (χ4v) is 4.22. The molecule has 0 aliphatic rings. The zero-order valence-electron chi connectivity index (χ0n) is 17.2. The first-order valence-electron chi connectivity index (χ1n) is 9.24. The highest BCUT2D eigenvalue weighted by atomic mass is 32.2. The fourth-order valence-electron chi connectivity index (χ4n) is 3.02. The van der Waals surface area contributed by atoms with E-state index in [0.717, 1.165) is 27.8 Å². The van der Waals surface area contributed by atoms with Crippen molar-refractivity contribution in [1.82, 2.24) is 4.57 Å². The third-order valence-electron chi connectivity index (χ3n) is 5.12. The van der Waals surface area contributed by atoms with Crippen LogP contribution in [0.1, 0.15) is 21.7 Å². The largest absolute Gasteiger partial charge is 0.485 e. The normalized spacial score (nSPS) is 11.4. The topological polar surface area (TPSA) is 68.6 Å². The van der Waals surface area contributed by atoms with Crippen molar-refractivity contribution in [3.8, 4) is 5.75 Å². The monoisotopic (exact) mass is 430 g/mol. The van der Waals surface area contributed by atoms with Crippen LogP contribution in [0.15, 0.2) is 59.5 Å². The van der Waals surface area contributed by atoms with Crippen molar-refractivity contribution in [2.75, 3.05) is 18.0 Å². The number of nitrogens with zero attached hydrogens (tertiary/aromatic N) is 2. The predicted molar refractivity (Wildman–Crippen MR) is 113 cm³/mol. The Morgan fingerprint density at radius 1 is 1.07 bits per heavy atom. The molecule has 30 heavy (non-hydrogen) atoms.